The molecule has 5 nitrogen and oxygen atoms in total. The van der Waals surface area contributed by atoms with Gasteiger partial charge in [0, 0.05) is 11.8 Å². The monoisotopic (exact) mass is 291 g/mol. The van der Waals surface area contributed by atoms with Crippen LogP contribution in [0, 0.1) is 18.3 Å². The highest BCUT2D eigenvalue weighted by Gasteiger charge is 2.15. The minimum atomic E-state index is -0.359. The molecule has 108 valence electrons. The summed E-state index contributed by atoms with van der Waals surface area (Å²) >= 11 is 0. The van der Waals surface area contributed by atoms with E-state index in [4.69, 9.17) is 4.74 Å². The summed E-state index contributed by atoms with van der Waals surface area (Å²) in [5.41, 5.74) is 2.20. The Kier molecular flexibility index (Phi) is 3.36. The number of aromatic nitrogens is 2. The van der Waals surface area contributed by atoms with Gasteiger partial charge in [-0.1, -0.05) is 6.07 Å². The second kappa shape index (κ2) is 5.34. The third-order valence-electron chi connectivity index (χ3n) is 3.52. The summed E-state index contributed by atoms with van der Waals surface area (Å²) in [6.07, 6.45) is 1.62. The Hall–Kier alpha value is -3.13. The van der Waals surface area contributed by atoms with E-state index < -0.39 is 0 Å². The lowest BCUT2D eigenvalue weighted by atomic mass is 10.1. The summed E-state index contributed by atoms with van der Waals surface area (Å²) in [7, 11) is 1.58. The molecule has 0 aliphatic heterocycles. The fraction of sp³-hybridized carbons (Fsp3) is 0.118. The lowest BCUT2D eigenvalue weighted by Crippen LogP contribution is -2.20. The molecule has 5 heteroatoms. The van der Waals surface area contributed by atoms with Crippen LogP contribution in [0.1, 0.15) is 11.1 Å². The van der Waals surface area contributed by atoms with Gasteiger partial charge >= 0.3 is 0 Å². The summed E-state index contributed by atoms with van der Waals surface area (Å²) in [5, 5.41) is 9.36. The fourth-order valence-electron chi connectivity index (χ4n) is 2.36. The number of nitrogens with zero attached hydrogens (tertiary/aromatic N) is 3. The van der Waals surface area contributed by atoms with Gasteiger partial charge in [-0.25, -0.2) is 4.98 Å². The Morgan fingerprint density at radius 1 is 1.23 bits per heavy atom. The molecule has 1 aromatic carbocycles. The summed E-state index contributed by atoms with van der Waals surface area (Å²) in [6, 6.07) is 12.7. The molecule has 0 amide bonds. The van der Waals surface area contributed by atoms with Gasteiger partial charge in [0.15, 0.2) is 0 Å². The highest BCUT2D eigenvalue weighted by Crippen LogP contribution is 2.23. The second-order valence-electron chi connectivity index (χ2n) is 4.87. The molecule has 0 saturated carbocycles. The molecule has 0 atom stereocenters. The van der Waals surface area contributed by atoms with Gasteiger partial charge in [0.05, 0.1) is 12.8 Å². The lowest BCUT2D eigenvalue weighted by Gasteiger charge is -2.09. The number of nitriles is 1. The number of aryl methyl sites for hydroxylation is 1. The van der Waals surface area contributed by atoms with E-state index >= 15 is 0 Å². The number of ether oxygens (including phenoxy) is 1. The van der Waals surface area contributed by atoms with E-state index in [9.17, 15) is 10.1 Å². The van der Waals surface area contributed by atoms with Crippen molar-refractivity contribution in [2.45, 2.75) is 6.92 Å². The molecule has 0 aliphatic rings. The van der Waals surface area contributed by atoms with Crippen molar-refractivity contribution in [1.82, 2.24) is 9.38 Å². The Bertz CT molecular complexity index is 951. The van der Waals surface area contributed by atoms with Crippen LogP contribution in [0.25, 0.3) is 16.9 Å². The molecule has 0 unspecified atom stereocenters. The number of pyridine rings is 1. The average Bonchev–Trinajstić information content (AvgIpc) is 2.55. The first-order valence-electron chi connectivity index (χ1n) is 6.72. The number of benzene rings is 1. The number of fused-ring (bicyclic) bond motifs is 1. The largest absolute Gasteiger partial charge is 0.497 e. The minimum Gasteiger partial charge on any atom is -0.497 e. The van der Waals surface area contributed by atoms with E-state index in [0.29, 0.717) is 22.7 Å². The van der Waals surface area contributed by atoms with Crippen LogP contribution in [-0.2, 0) is 0 Å². The predicted molar refractivity (Wildman–Crippen MR) is 82.9 cm³/mol. The highest BCUT2D eigenvalue weighted by atomic mass is 16.5. The summed E-state index contributed by atoms with van der Waals surface area (Å²) in [4.78, 5) is 17.0. The van der Waals surface area contributed by atoms with Gasteiger partial charge in [-0.15, -0.1) is 0 Å². The normalized spacial score (nSPS) is 10.4. The molecule has 0 aliphatic carbocycles. The van der Waals surface area contributed by atoms with Crippen molar-refractivity contribution < 1.29 is 4.74 Å². The number of methoxy groups -OCH3 is 1. The Labute approximate surface area is 127 Å². The molecule has 3 rings (SSSR count). The van der Waals surface area contributed by atoms with Crippen LogP contribution in [0.3, 0.4) is 0 Å². The molecular weight excluding hydrogens is 278 g/mol. The topological polar surface area (TPSA) is 67.4 Å². The molecule has 0 fully saturated rings. The molecule has 2 heterocycles. The van der Waals surface area contributed by atoms with Gasteiger partial charge in [0.2, 0.25) is 0 Å². The maximum absolute atomic E-state index is 12.5. The zero-order chi connectivity index (χ0) is 15.7. The molecule has 0 saturated heterocycles. The standard InChI is InChI=1S/C17H13N3O2/c1-11-4-3-9-20-16(11)19-15(14(10-18)17(20)21)12-5-7-13(22-2)8-6-12/h3-9H,1-2H3. The van der Waals surface area contributed by atoms with Gasteiger partial charge in [-0.2, -0.15) is 5.26 Å². The smallest absolute Gasteiger partial charge is 0.276 e. The predicted octanol–water partition coefficient (Wildman–Crippen LogP) is 2.55. The van der Waals surface area contributed by atoms with Crippen LogP contribution in [0.2, 0.25) is 0 Å². The summed E-state index contributed by atoms with van der Waals surface area (Å²) < 4.78 is 6.53. The van der Waals surface area contributed by atoms with Crippen molar-refractivity contribution in [3.63, 3.8) is 0 Å². The Morgan fingerprint density at radius 2 is 1.95 bits per heavy atom. The highest BCUT2D eigenvalue weighted by molar-refractivity contribution is 5.69. The first kappa shape index (κ1) is 13.8. The van der Waals surface area contributed by atoms with Crippen molar-refractivity contribution in [3.8, 4) is 23.1 Å². The fourth-order valence-corrected chi connectivity index (χ4v) is 2.36. The summed E-state index contributed by atoms with van der Waals surface area (Å²) in [6.45, 7) is 1.88. The van der Waals surface area contributed by atoms with Crippen LogP contribution in [-0.4, -0.2) is 16.5 Å². The van der Waals surface area contributed by atoms with Gasteiger partial charge in [0.1, 0.15) is 23.0 Å². The van der Waals surface area contributed by atoms with E-state index in [0.717, 1.165) is 5.56 Å². The second-order valence-corrected chi connectivity index (χ2v) is 4.87. The van der Waals surface area contributed by atoms with Crippen LogP contribution in [0.15, 0.2) is 47.4 Å². The van der Waals surface area contributed by atoms with Crippen LogP contribution >= 0.6 is 0 Å². The van der Waals surface area contributed by atoms with E-state index in [1.165, 1.54) is 4.40 Å². The quantitative estimate of drug-likeness (QED) is 0.727. The van der Waals surface area contributed by atoms with Crippen molar-refractivity contribution in [2.75, 3.05) is 7.11 Å². The zero-order valence-electron chi connectivity index (χ0n) is 12.2. The maximum atomic E-state index is 12.5. The van der Waals surface area contributed by atoms with Crippen molar-refractivity contribution in [2.24, 2.45) is 0 Å². The van der Waals surface area contributed by atoms with Gasteiger partial charge < -0.3 is 4.74 Å². The number of rotatable bonds is 2. The third-order valence-corrected chi connectivity index (χ3v) is 3.52. The number of hydrogen-bond donors (Lipinski definition) is 0. The molecule has 0 spiro atoms. The lowest BCUT2D eigenvalue weighted by molar-refractivity contribution is 0.415. The minimum absolute atomic E-state index is 0.0354. The molecule has 0 radical (unpaired) electrons. The van der Waals surface area contributed by atoms with E-state index in [2.05, 4.69) is 4.98 Å². The maximum Gasteiger partial charge on any atom is 0.276 e. The van der Waals surface area contributed by atoms with E-state index in [-0.39, 0.29) is 11.1 Å². The first-order chi connectivity index (χ1) is 10.7. The van der Waals surface area contributed by atoms with Crippen LogP contribution < -0.4 is 10.3 Å². The Balaban J connectivity index is 2.35. The van der Waals surface area contributed by atoms with Crippen molar-refractivity contribution in [1.29, 1.82) is 5.26 Å². The SMILES string of the molecule is COc1ccc(-c2nc3c(C)cccn3c(=O)c2C#N)cc1. The molecule has 3 aromatic rings. The molecule has 0 N–H and O–H groups in total. The van der Waals surface area contributed by atoms with Gasteiger partial charge in [-0.05, 0) is 42.8 Å². The zero-order valence-corrected chi connectivity index (χ0v) is 12.2. The molecule has 0 bridgehead atoms. The third kappa shape index (κ3) is 2.11. The van der Waals surface area contributed by atoms with Crippen LogP contribution in [0.5, 0.6) is 5.75 Å². The Morgan fingerprint density at radius 3 is 2.59 bits per heavy atom. The van der Waals surface area contributed by atoms with Crippen molar-refractivity contribution >= 4 is 5.65 Å². The molecule has 2 aromatic heterocycles. The first-order valence-corrected chi connectivity index (χ1v) is 6.72. The van der Waals surface area contributed by atoms with Gasteiger partial charge in [0.25, 0.3) is 5.56 Å². The average molecular weight is 291 g/mol. The van der Waals surface area contributed by atoms with E-state index in [1.807, 2.05) is 19.1 Å². The number of hydrogen-bond acceptors (Lipinski definition) is 4. The van der Waals surface area contributed by atoms with E-state index in [1.54, 1.807) is 43.6 Å². The van der Waals surface area contributed by atoms with Gasteiger partial charge in [-0.3, -0.25) is 9.20 Å². The summed E-state index contributed by atoms with van der Waals surface area (Å²) in [5.74, 6) is 0.705. The van der Waals surface area contributed by atoms with Crippen LogP contribution in [0.4, 0.5) is 0 Å². The molecular formula is C17H13N3O2. The molecule has 22 heavy (non-hydrogen) atoms. The van der Waals surface area contributed by atoms with Crippen molar-refractivity contribution in [3.05, 3.63) is 64.1 Å².